The lowest BCUT2D eigenvalue weighted by Gasteiger charge is -2.47. The molecule has 5 unspecified atom stereocenters. The lowest BCUT2D eigenvalue weighted by molar-refractivity contribution is -0.156. The summed E-state index contributed by atoms with van der Waals surface area (Å²) in [5, 5.41) is 12.7. The third-order valence-corrected chi connectivity index (χ3v) is 5.13. The normalized spacial score (nSPS) is 31.8. The quantitative estimate of drug-likeness (QED) is 0.569. The predicted molar refractivity (Wildman–Crippen MR) is 99.1 cm³/mol. The SMILES string of the molecule is CNC(=O)C1C2OC(C)(C)OC2C(OC(=O)c2ccccc2)C(CO)N1CN. The van der Waals surface area contributed by atoms with Crippen molar-refractivity contribution in [1.82, 2.24) is 10.2 Å². The summed E-state index contributed by atoms with van der Waals surface area (Å²) >= 11 is 0. The van der Waals surface area contributed by atoms with Crippen LogP contribution in [-0.2, 0) is 19.0 Å². The Labute approximate surface area is 163 Å². The minimum Gasteiger partial charge on any atom is -0.454 e. The van der Waals surface area contributed by atoms with E-state index >= 15 is 0 Å². The van der Waals surface area contributed by atoms with Crippen molar-refractivity contribution in [2.45, 2.75) is 50.0 Å². The number of carbonyl (C=O) groups excluding carboxylic acids is 2. The van der Waals surface area contributed by atoms with Crippen molar-refractivity contribution in [3.8, 4) is 0 Å². The van der Waals surface area contributed by atoms with Crippen molar-refractivity contribution in [3.05, 3.63) is 35.9 Å². The zero-order valence-corrected chi connectivity index (χ0v) is 16.2. The first-order chi connectivity index (χ1) is 13.3. The van der Waals surface area contributed by atoms with Crippen LogP contribution >= 0.6 is 0 Å². The van der Waals surface area contributed by atoms with Gasteiger partial charge in [-0.1, -0.05) is 18.2 Å². The molecule has 1 amide bonds. The summed E-state index contributed by atoms with van der Waals surface area (Å²) < 4.78 is 17.7. The number of likely N-dealkylation sites (tertiary alicyclic amines) is 1. The molecular weight excluding hydrogens is 366 g/mol. The number of fused-ring (bicyclic) bond motifs is 1. The van der Waals surface area contributed by atoms with Gasteiger partial charge in [-0.25, -0.2) is 4.79 Å². The molecule has 154 valence electrons. The predicted octanol–water partition coefficient (Wildman–Crippen LogP) is -0.561. The molecule has 2 aliphatic heterocycles. The first-order valence-corrected chi connectivity index (χ1v) is 9.23. The van der Waals surface area contributed by atoms with Gasteiger partial charge >= 0.3 is 5.97 Å². The fourth-order valence-electron chi connectivity index (χ4n) is 3.94. The molecule has 3 rings (SSSR count). The Morgan fingerprint density at radius 2 is 1.89 bits per heavy atom. The van der Waals surface area contributed by atoms with Gasteiger partial charge in [0.05, 0.1) is 18.2 Å². The van der Waals surface area contributed by atoms with Gasteiger partial charge in [-0.05, 0) is 26.0 Å². The van der Waals surface area contributed by atoms with E-state index in [0.29, 0.717) is 5.56 Å². The topological polar surface area (TPSA) is 123 Å². The van der Waals surface area contributed by atoms with E-state index in [1.165, 1.54) is 7.05 Å². The monoisotopic (exact) mass is 393 g/mol. The number of benzene rings is 1. The van der Waals surface area contributed by atoms with Gasteiger partial charge in [0.1, 0.15) is 24.4 Å². The largest absolute Gasteiger partial charge is 0.454 e. The van der Waals surface area contributed by atoms with Crippen molar-refractivity contribution in [2.75, 3.05) is 20.3 Å². The van der Waals surface area contributed by atoms with Gasteiger partial charge in [-0.3, -0.25) is 9.69 Å². The van der Waals surface area contributed by atoms with Gasteiger partial charge < -0.3 is 30.4 Å². The van der Waals surface area contributed by atoms with E-state index in [4.69, 9.17) is 19.9 Å². The van der Waals surface area contributed by atoms with Gasteiger partial charge in [0.15, 0.2) is 5.79 Å². The van der Waals surface area contributed by atoms with Crippen molar-refractivity contribution in [1.29, 1.82) is 0 Å². The van der Waals surface area contributed by atoms with E-state index in [-0.39, 0.29) is 19.2 Å². The van der Waals surface area contributed by atoms with Crippen LogP contribution in [0.4, 0.5) is 0 Å². The molecule has 0 aromatic heterocycles. The minimum atomic E-state index is -0.983. The number of likely N-dealkylation sites (N-methyl/N-ethyl adjacent to an activating group) is 1. The number of aliphatic hydroxyl groups excluding tert-OH is 1. The summed E-state index contributed by atoms with van der Waals surface area (Å²) in [7, 11) is 1.52. The fraction of sp³-hybridized carbons (Fsp3) is 0.579. The highest BCUT2D eigenvalue weighted by Gasteiger charge is 2.60. The highest BCUT2D eigenvalue weighted by Crippen LogP contribution is 2.40. The number of hydrogen-bond donors (Lipinski definition) is 3. The maximum absolute atomic E-state index is 12.7. The molecule has 2 heterocycles. The number of aliphatic hydroxyl groups is 1. The van der Waals surface area contributed by atoms with Crippen LogP contribution in [0.1, 0.15) is 24.2 Å². The summed E-state index contributed by atoms with van der Waals surface area (Å²) in [6.07, 6.45) is -2.31. The second-order valence-electron chi connectivity index (χ2n) is 7.31. The van der Waals surface area contributed by atoms with Gasteiger partial charge in [0, 0.05) is 13.7 Å². The molecule has 2 saturated heterocycles. The highest BCUT2D eigenvalue weighted by atomic mass is 16.8. The van der Waals surface area contributed by atoms with E-state index in [0.717, 1.165) is 0 Å². The summed E-state index contributed by atoms with van der Waals surface area (Å²) in [4.78, 5) is 26.8. The molecule has 0 bridgehead atoms. The Balaban J connectivity index is 1.96. The number of nitrogens with zero attached hydrogens (tertiary/aromatic N) is 1. The summed E-state index contributed by atoms with van der Waals surface area (Å²) in [6, 6.07) is 7.03. The zero-order valence-electron chi connectivity index (χ0n) is 16.2. The molecule has 28 heavy (non-hydrogen) atoms. The second-order valence-corrected chi connectivity index (χ2v) is 7.31. The molecule has 0 spiro atoms. The highest BCUT2D eigenvalue weighted by molar-refractivity contribution is 5.89. The van der Waals surface area contributed by atoms with Crippen molar-refractivity contribution >= 4 is 11.9 Å². The van der Waals surface area contributed by atoms with E-state index in [1.54, 1.807) is 49.1 Å². The Hall–Kier alpha value is -2.04. The Morgan fingerprint density at radius 1 is 1.25 bits per heavy atom. The molecule has 9 nitrogen and oxygen atoms in total. The first kappa shape index (κ1) is 20.7. The van der Waals surface area contributed by atoms with Gasteiger partial charge in [-0.15, -0.1) is 0 Å². The van der Waals surface area contributed by atoms with E-state index < -0.39 is 42.2 Å². The zero-order chi connectivity index (χ0) is 20.5. The summed E-state index contributed by atoms with van der Waals surface area (Å²) in [5.41, 5.74) is 6.28. The van der Waals surface area contributed by atoms with Crippen LogP contribution in [0.5, 0.6) is 0 Å². The number of rotatable bonds is 5. The smallest absolute Gasteiger partial charge is 0.338 e. The Kier molecular flexibility index (Phi) is 6.01. The molecule has 5 atom stereocenters. The standard InChI is InChI=1S/C19H27N3O6/c1-19(2)27-15-13(17(24)21-3)22(10-20)12(9-23)14(16(15)28-19)26-18(25)11-7-5-4-6-8-11/h4-8,12-16,23H,9-10,20H2,1-3H3,(H,21,24). The number of nitrogens with one attached hydrogen (secondary N) is 1. The van der Waals surface area contributed by atoms with Crippen LogP contribution in [0.25, 0.3) is 0 Å². The van der Waals surface area contributed by atoms with Crippen LogP contribution in [0, 0.1) is 0 Å². The molecule has 2 aliphatic rings. The van der Waals surface area contributed by atoms with Gasteiger partial charge in [-0.2, -0.15) is 0 Å². The Morgan fingerprint density at radius 3 is 2.46 bits per heavy atom. The van der Waals surface area contributed by atoms with Crippen molar-refractivity contribution in [3.63, 3.8) is 0 Å². The minimum absolute atomic E-state index is 0.0320. The third-order valence-electron chi connectivity index (χ3n) is 5.13. The van der Waals surface area contributed by atoms with Crippen molar-refractivity contribution < 1.29 is 28.9 Å². The molecule has 2 fully saturated rings. The third kappa shape index (κ3) is 3.76. The van der Waals surface area contributed by atoms with E-state index in [9.17, 15) is 14.7 Å². The average molecular weight is 393 g/mol. The molecule has 1 aromatic carbocycles. The molecule has 4 N–H and O–H groups in total. The molecule has 0 saturated carbocycles. The van der Waals surface area contributed by atoms with E-state index in [2.05, 4.69) is 5.32 Å². The summed E-state index contributed by atoms with van der Waals surface area (Å²) in [6.45, 7) is 3.05. The number of amides is 1. The number of hydrogen-bond acceptors (Lipinski definition) is 8. The van der Waals surface area contributed by atoms with Gasteiger partial charge in [0.25, 0.3) is 0 Å². The lowest BCUT2D eigenvalue weighted by atomic mass is 9.87. The molecule has 0 aliphatic carbocycles. The summed E-state index contributed by atoms with van der Waals surface area (Å²) in [5.74, 6) is -1.84. The lowest BCUT2D eigenvalue weighted by Crippen LogP contribution is -2.71. The molecular formula is C19H27N3O6. The average Bonchev–Trinajstić information content (AvgIpc) is 3.02. The second kappa shape index (κ2) is 8.14. The van der Waals surface area contributed by atoms with Crippen LogP contribution < -0.4 is 11.1 Å². The van der Waals surface area contributed by atoms with Crippen LogP contribution in [0.3, 0.4) is 0 Å². The number of ether oxygens (including phenoxy) is 3. The number of esters is 1. The van der Waals surface area contributed by atoms with Crippen LogP contribution in [0.15, 0.2) is 30.3 Å². The maximum atomic E-state index is 12.7. The first-order valence-electron chi connectivity index (χ1n) is 9.23. The number of piperidine rings is 1. The Bertz CT molecular complexity index is 713. The molecule has 0 radical (unpaired) electrons. The van der Waals surface area contributed by atoms with E-state index in [1.807, 2.05) is 0 Å². The maximum Gasteiger partial charge on any atom is 0.338 e. The van der Waals surface area contributed by atoms with Gasteiger partial charge in [0.2, 0.25) is 5.91 Å². The molecule has 9 heteroatoms. The van der Waals surface area contributed by atoms with Crippen molar-refractivity contribution in [2.24, 2.45) is 5.73 Å². The fourth-order valence-corrected chi connectivity index (χ4v) is 3.94. The number of carbonyl (C=O) groups is 2. The van der Waals surface area contributed by atoms with Crippen LogP contribution in [0.2, 0.25) is 0 Å². The molecule has 1 aromatic rings. The van der Waals surface area contributed by atoms with Crippen LogP contribution in [-0.4, -0.2) is 78.4 Å². The number of nitrogens with two attached hydrogens (primary N) is 1.